The quantitative estimate of drug-likeness (QED) is 0.883. The second kappa shape index (κ2) is 5.71. The van der Waals surface area contributed by atoms with E-state index in [1.54, 1.807) is 11.3 Å². The molecule has 1 aromatic heterocycles. The van der Waals surface area contributed by atoms with Crippen LogP contribution in [0, 0.1) is 0 Å². The molecule has 1 unspecified atom stereocenters. The highest BCUT2D eigenvalue weighted by atomic mass is 32.1. The predicted molar refractivity (Wildman–Crippen MR) is 75.0 cm³/mol. The van der Waals surface area contributed by atoms with Gasteiger partial charge in [-0.2, -0.15) is 0 Å². The topological polar surface area (TPSA) is 64.3 Å². The summed E-state index contributed by atoms with van der Waals surface area (Å²) in [5.74, 6) is 0. The van der Waals surface area contributed by atoms with Gasteiger partial charge in [-0.05, 0) is 32.2 Å². The first kappa shape index (κ1) is 15.0. The van der Waals surface area contributed by atoms with Gasteiger partial charge in [-0.15, -0.1) is 11.3 Å². The Kier molecular flexibility index (Phi) is 4.76. The molecule has 5 heteroatoms. The Labute approximate surface area is 113 Å². The first-order valence-corrected chi connectivity index (χ1v) is 6.86. The zero-order chi connectivity index (χ0) is 13.8. The van der Waals surface area contributed by atoms with Crippen LogP contribution in [0.1, 0.15) is 32.6 Å². The van der Waals surface area contributed by atoms with Gasteiger partial charge in [0.1, 0.15) is 5.60 Å². The number of hydrogen-bond acceptors (Lipinski definition) is 4. The summed E-state index contributed by atoms with van der Waals surface area (Å²) in [6, 6.07) is 4.02. The molecule has 1 atom stereocenters. The molecule has 1 aromatic rings. The number of carbonyl (C=O) groups is 1. The van der Waals surface area contributed by atoms with Gasteiger partial charge < -0.3 is 15.8 Å². The number of hydrogen-bond donors (Lipinski definition) is 2. The standard InChI is InChI=1S/C13H22N2O2S/c1-12(2,3)17-11(16)15-9-13(4,8-14)10-6-5-7-18-10/h5-7H,8-9,14H2,1-4H3,(H,15,16). The highest BCUT2D eigenvalue weighted by molar-refractivity contribution is 7.10. The molecule has 18 heavy (non-hydrogen) atoms. The number of carbonyl (C=O) groups excluding carboxylic acids is 1. The number of ether oxygens (including phenoxy) is 1. The number of rotatable bonds is 4. The number of thiophene rings is 1. The van der Waals surface area contributed by atoms with Crippen molar-refractivity contribution in [1.29, 1.82) is 0 Å². The molecule has 0 bridgehead atoms. The number of alkyl carbamates (subject to hydrolysis) is 1. The highest BCUT2D eigenvalue weighted by Crippen LogP contribution is 2.26. The Morgan fingerprint density at radius 1 is 1.44 bits per heavy atom. The van der Waals surface area contributed by atoms with Crippen LogP contribution in [0.15, 0.2) is 17.5 Å². The van der Waals surface area contributed by atoms with E-state index in [1.807, 2.05) is 45.2 Å². The van der Waals surface area contributed by atoms with Crippen LogP contribution in [0.25, 0.3) is 0 Å². The monoisotopic (exact) mass is 270 g/mol. The van der Waals surface area contributed by atoms with Crippen LogP contribution in [0.5, 0.6) is 0 Å². The lowest BCUT2D eigenvalue weighted by atomic mass is 9.89. The lowest BCUT2D eigenvalue weighted by Crippen LogP contribution is -2.44. The molecule has 0 aliphatic rings. The predicted octanol–water partition coefficient (Wildman–Crippen LogP) is 2.49. The molecule has 4 nitrogen and oxygen atoms in total. The average Bonchev–Trinajstić information content (AvgIpc) is 2.77. The molecule has 0 spiro atoms. The van der Waals surface area contributed by atoms with Crippen LogP contribution in [0.2, 0.25) is 0 Å². The van der Waals surface area contributed by atoms with Crippen LogP contribution in [0.3, 0.4) is 0 Å². The summed E-state index contributed by atoms with van der Waals surface area (Å²) in [5, 5.41) is 4.80. The van der Waals surface area contributed by atoms with Gasteiger partial charge in [0, 0.05) is 23.4 Å². The minimum atomic E-state index is -0.480. The van der Waals surface area contributed by atoms with Gasteiger partial charge in [-0.3, -0.25) is 0 Å². The van der Waals surface area contributed by atoms with Gasteiger partial charge in [0.25, 0.3) is 0 Å². The van der Waals surface area contributed by atoms with E-state index in [9.17, 15) is 4.79 Å². The summed E-state index contributed by atoms with van der Waals surface area (Å²) in [6.45, 7) is 8.51. The van der Waals surface area contributed by atoms with Crippen molar-refractivity contribution in [3.8, 4) is 0 Å². The van der Waals surface area contributed by atoms with Gasteiger partial charge in [0.2, 0.25) is 0 Å². The fourth-order valence-electron chi connectivity index (χ4n) is 1.46. The summed E-state index contributed by atoms with van der Waals surface area (Å²) in [6.07, 6.45) is -0.404. The van der Waals surface area contributed by atoms with Crippen molar-refractivity contribution in [2.45, 2.75) is 38.7 Å². The summed E-state index contributed by atoms with van der Waals surface area (Å²) in [4.78, 5) is 12.8. The summed E-state index contributed by atoms with van der Waals surface area (Å²) < 4.78 is 5.21. The van der Waals surface area contributed by atoms with E-state index >= 15 is 0 Å². The van der Waals surface area contributed by atoms with Gasteiger partial charge in [-0.1, -0.05) is 13.0 Å². The maximum Gasteiger partial charge on any atom is 0.407 e. The van der Waals surface area contributed by atoms with E-state index in [0.717, 1.165) is 0 Å². The zero-order valence-corrected chi connectivity index (χ0v) is 12.3. The first-order chi connectivity index (χ1) is 8.27. The molecular formula is C13H22N2O2S. The number of nitrogens with one attached hydrogen (secondary N) is 1. The Morgan fingerprint density at radius 3 is 2.56 bits per heavy atom. The van der Waals surface area contributed by atoms with Crippen LogP contribution >= 0.6 is 11.3 Å². The SMILES string of the molecule is CC(C)(C)OC(=O)NCC(C)(CN)c1cccs1. The fourth-order valence-corrected chi connectivity index (χ4v) is 2.36. The van der Waals surface area contributed by atoms with E-state index in [1.165, 1.54) is 4.88 Å². The molecule has 3 N–H and O–H groups in total. The van der Waals surface area contributed by atoms with E-state index in [-0.39, 0.29) is 5.41 Å². The molecule has 1 amide bonds. The van der Waals surface area contributed by atoms with Gasteiger partial charge in [-0.25, -0.2) is 4.79 Å². The maximum absolute atomic E-state index is 11.6. The van der Waals surface area contributed by atoms with Crippen LogP contribution in [-0.4, -0.2) is 24.8 Å². The first-order valence-electron chi connectivity index (χ1n) is 5.98. The second-order valence-electron chi connectivity index (χ2n) is 5.60. The van der Waals surface area contributed by atoms with E-state index in [0.29, 0.717) is 13.1 Å². The zero-order valence-electron chi connectivity index (χ0n) is 11.4. The fraction of sp³-hybridized carbons (Fsp3) is 0.615. The van der Waals surface area contributed by atoms with Crippen LogP contribution < -0.4 is 11.1 Å². The van der Waals surface area contributed by atoms with Crippen LogP contribution in [-0.2, 0) is 10.2 Å². The molecule has 0 aliphatic heterocycles. The largest absolute Gasteiger partial charge is 0.444 e. The molecule has 0 aliphatic carbocycles. The number of nitrogens with two attached hydrogens (primary N) is 1. The van der Waals surface area contributed by atoms with E-state index < -0.39 is 11.7 Å². The van der Waals surface area contributed by atoms with Crippen molar-refractivity contribution in [1.82, 2.24) is 5.32 Å². The molecule has 0 saturated heterocycles. The van der Waals surface area contributed by atoms with Gasteiger partial charge in [0.15, 0.2) is 0 Å². The maximum atomic E-state index is 11.6. The Bertz CT molecular complexity index is 384. The normalized spacial score (nSPS) is 14.9. The lowest BCUT2D eigenvalue weighted by molar-refractivity contribution is 0.0517. The lowest BCUT2D eigenvalue weighted by Gasteiger charge is -2.28. The molecule has 0 fully saturated rings. The van der Waals surface area contributed by atoms with Crippen molar-refractivity contribution in [3.05, 3.63) is 22.4 Å². The Balaban J connectivity index is 2.58. The van der Waals surface area contributed by atoms with E-state index in [4.69, 9.17) is 10.5 Å². The molecule has 1 heterocycles. The van der Waals surface area contributed by atoms with Crippen molar-refractivity contribution in [3.63, 3.8) is 0 Å². The van der Waals surface area contributed by atoms with Crippen LogP contribution in [0.4, 0.5) is 4.79 Å². The molecule has 0 radical (unpaired) electrons. The average molecular weight is 270 g/mol. The van der Waals surface area contributed by atoms with Crippen molar-refractivity contribution >= 4 is 17.4 Å². The third-order valence-corrected chi connectivity index (χ3v) is 3.76. The number of amides is 1. The molecular weight excluding hydrogens is 248 g/mol. The van der Waals surface area contributed by atoms with Crippen molar-refractivity contribution in [2.24, 2.45) is 5.73 Å². The molecule has 0 saturated carbocycles. The van der Waals surface area contributed by atoms with Gasteiger partial charge in [0.05, 0.1) is 0 Å². The highest BCUT2D eigenvalue weighted by Gasteiger charge is 2.27. The van der Waals surface area contributed by atoms with Crippen molar-refractivity contribution in [2.75, 3.05) is 13.1 Å². The third-order valence-electron chi connectivity index (χ3n) is 2.59. The summed E-state index contributed by atoms with van der Waals surface area (Å²) in [5.41, 5.74) is 5.10. The van der Waals surface area contributed by atoms with Gasteiger partial charge >= 0.3 is 6.09 Å². The molecule has 1 rings (SSSR count). The smallest absolute Gasteiger partial charge is 0.407 e. The molecule has 0 aromatic carbocycles. The minimum absolute atomic E-state index is 0.245. The molecule has 102 valence electrons. The third kappa shape index (κ3) is 4.31. The van der Waals surface area contributed by atoms with Crippen molar-refractivity contribution < 1.29 is 9.53 Å². The Hall–Kier alpha value is -1.07. The summed E-state index contributed by atoms with van der Waals surface area (Å²) in [7, 11) is 0. The Morgan fingerprint density at radius 2 is 2.11 bits per heavy atom. The minimum Gasteiger partial charge on any atom is -0.444 e. The second-order valence-corrected chi connectivity index (χ2v) is 6.55. The summed E-state index contributed by atoms with van der Waals surface area (Å²) >= 11 is 1.65. The van der Waals surface area contributed by atoms with E-state index in [2.05, 4.69) is 5.32 Å².